The number of benzene rings is 2. The zero-order valence-electron chi connectivity index (χ0n) is 11.2. The molecule has 1 aromatic heterocycles. The lowest BCUT2D eigenvalue weighted by Gasteiger charge is -1.97. The van der Waals surface area contributed by atoms with Crippen LogP contribution in [0.15, 0.2) is 77.2 Å². The standard InChI is InChI=1S/C18H12O3/c19-18(20)15-11-16(13-7-3-1-4-8-13)21-17(12-15)14-9-5-2-6-10-14/h1-12H/p+1. The van der Waals surface area contributed by atoms with Crippen molar-refractivity contribution in [1.82, 2.24) is 0 Å². The number of aromatic carboxylic acids is 1. The Hall–Kier alpha value is -2.94. The van der Waals surface area contributed by atoms with Crippen molar-refractivity contribution < 1.29 is 14.3 Å². The second kappa shape index (κ2) is 5.59. The van der Waals surface area contributed by atoms with E-state index in [1.165, 1.54) is 0 Å². The molecule has 0 aliphatic carbocycles. The summed E-state index contributed by atoms with van der Waals surface area (Å²) in [5.74, 6) is 0.101. The lowest BCUT2D eigenvalue weighted by atomic mass is 10.1. The monoisotopic (exact) mass is 277 g/mol. The topological polar surface area (TPSA) is 48.6 Å². The van der Waals surface area contributed by atoms with Crippen molar-refractivity contribution in [2.45, 2.75) is 0 Å². The summed E-state index contributed by atoms with van der Waals surface area (Å²) in [4.78, 5) is 11.3. The van der Waals surface area contributed by atoms with Crippen molar-refractivity contribution in [2.75, 3.05) is 0 Å². The number of hydrogen-bond acceptors (Lipinski definition) is 1. The van der Waals surface area contributed by atoms with Crippen LogP contribution in [0.25, 0.3) is 22.6 Å². The molecular formula is C18H13O3+. The first-order valence-electron chi connectivity index (χ1n) is 6.56. The lowest BCUT2D eigenvalue weighted by Crippen LogP contribution is -1.97. The molecular weight excluding hydrogens is 264 g/mol. The van der Waals surface area contributed by atoms with Crippen LogP contribution in [0.1, 0.15) is 10.4 Å². The van der Waals surface area contributed by atoms with Gasteiger partial charge in [0.25, 0.3) is 0 Å². The summed E-state index contributed by atoms with van der Waals surface area (Å²) in [5, 5.41) is 9.29. The summed E-state index contributed by atoms with van der Waals surface area (Å²) in [5.41, 5.74) is 1.90. The zero-order valence-corrected chi connectivity index (χ0v) is 11.2. The average Bonchev–Trinajstić information content (AvgIpc) is 2.56. The summed E-state index contributed by atoms with van der Waals surface area (Å²) in [6, 6.07) is 22.0. The molecule has 0 aliphatic heterocycles. The quantitative estimate of drug-likeness (QED) is 0.712. The van der Waals surface area contributed by atoms with Crippen LogP contribution in [0.3, 0.4) is 0 Å². The van der Waals surface area contributed by atoms with E-state index in [0.717, 1.165) is 11.1 Å². The Labute approximate surface area is 122 Å². The molecule has 0 atom stereocenters. The van der Waals surface area contributed by atoms with E-state index in [-0.39, 0.29) is 5.56 Å². The Morgan fingerprint density at radius 2 is 1.19 bits per heavy atom. The van der Waals surface area contributed by atoms with Gasteiger partial charge in [-0.3, -0.25) is 0 Å². The van der Waals surface area contributed by atoms with Crippen LogP contribution in [0.5, 0.6) is 0 Å². The summed E-state index contributed by atoms with van der Waals surface area (Å²) < 4.78 is 5.88. The second-order valence-corrected chi connectivity index (χ2v) is 4.61. The maximum atomic E-state index is 11.3. The van der Waals surface area contributed by atoms with Crippen molar-refractivity contribution in [3.63, 3.8) is 0 Å². The van der Waals surface area contributed by atoms with Gasteiger partial charge in [-0.15, -0.1) is 0 Å². The van der Waals surface area contributed by atoms with Crippen LogP contribution in [0.2, 0.25) is 0 Å². The fourth-order valence-corrected chi connectivity index (χ4v) is 2.11. The van der Waals surface area contributed by atoms with Crippen molar-refractivity contribution in [3.8, 4) is 22.6 Å². The first-order chi connectivity index (χ1) is 10.2. The second-order valence-electron chi connectivity index (χ2n) is 4.61. The van der Waals surface area contributed by atoms with Crippen LogP contribution < -0.4 is 0 Å². The molecule has 0 amide bonds. The van der Waals surface area contributed by atoms with E-state index in [0.29, 0.717) is 11.5 Å². The largest absolute Gasteiger partial charge is 0.478 e. The number of carboxylic acid groups (broad SMARTS) is 1. The van der Waals surface area contributed by atoms with Gasteiger partial charge in [0.15, 0.2) is 0 Å². The fraction of sp³-hybridized carbons (Fsp3) is 0. The highest BCUT2D eigenvalue weighted by Crippen LogP contribution is 2.28. The molecule has 1 heterocycles. The molecule has 0 bridgehead atoms. The molecule has 1 N–H and O–H groups in total. The van der Waals surface area contributed by atoms with E-state index in [2.05, 4.69) is 0 Å². The fourth-order valence-electron chi connectivity index (χ4n) is 2.11. The third-order valence-corrected chi connectivity index (χ3v) is 3.16. The van der Waals surface area contributed by atoms with Gasteiger partial charge in [-0.05, 0) is 24.3 Å². The van der Waals surface area contributed by atoms with Crippen LogP contribution in [0, 0.1) is 0 Å². The van der Waals surface area contributed by atoms with Gasteiger partial charge in [0.05, 0.1) is 28.8 Å². The third-order valence-electron chi connectivity index (χ3n) is 3.16. The normalized spacial score (nSPS) is 10.3. The molecule has 3 aromatic rings. The number of rotatable bonds is 3. The molecule has 0 radical (unpaired) electrons. The first kappa shape index (κ1) is 13.1. The van der Waals surface area contributed by atoms with Crippen LogP contribution >= 0.6 is 0 Å². The average molecular weight is 277 g/mol. The van der Waals surface area contributed by atoms with Gasteiger partial charge in [0.1, 0.15) is 0 Å². The first-order valence-corrected chi connectivity index (χ1v) is 6.56. The molecule has 0 unspecified atom stereocenters. The highest BCUT2D eigenvalue weighted by molar-refractivity contribution is 5.90. The van der Waals surface area contributed by atoms with Crippen molar-refractivity contribution in [3.05, 3.63) is 78.4 Å². The van der Waals surface area contributed by atoms with E-state index in [9.17, 15) is 9.90 Å². The highest BCUT2D eigenvalue weighted by atomic mass is 16.4. The smallest absolute Gasteiger partial charge is 0.361 e. The number of hydrogen-bond donors (Lipinski definition) is 1. The Balaban J connectivity index is 2.18. The lowest BCUT2D eigenvalue weighted by molar-refractivity contribution is 0.0696. The molecule has 3 nitrogen and oxygen atoms in total. The van der Waals surface area contributed by atoms with Crippen LogP contribution in [-0.4, -0.2) is 11.1 Å². The van der Waals surface area contributed by atoms with E-state index in [4.69, 9.17) is 4.42 Å². The molecule has 0 aliphatic rings. The minimum absolute atomic E-state index is 0.207. The molecule has 21 heavy (non-hydrogen) atoms. The zero-order chi connectivity index (χ0) is 14.7. The van der Waals surface area contributed by atoms with Crippen LogP contribution in [0.4, 0.5) is 0 Å². The molecule has 0 saturated carbocycles. The van der Waals surface area contributed by atoms with Gasteiger partial charge in [-0.1, -0.05) is 36.4 Å². The summed E-state index contributed by atoms with van der Waals surface area (Å²) >= 11 is 0. The van der Waals surface area contributed by atoms with Gasteiger partial charge in [-0.2, -0.15) is 0 Å². The number of carbonyl (C=O) groups is 1. The van der Waals surface area contributed by atoms with E-state index >= 15 is 0 Å². The molecule has 3 rings (SSSR count). The van der Waals surface area contributed by atoms with Gasteiger partial charge in [-0.25, -0.2) is 9.21 Å². The van der Waals surface area contributed by atoms with Crippen LogP contribution in [-0.2, 0) is 0 Å². The third kappa shape index (κ3) is 2.82. The van der Waals surface area contributed by atoms with E-state index in [1.54, 1.807) is 12.1 Å². The van der Waals surface area contributed by atoms with Gasteiger partial charge < -0.3 is 5.11 Å². The van der Waals surface area contributed by atoms with Crippen molar-refractivity contribution >= 4 is 5.97 Å². The van der Waals surface area contributed by atoms with Gasteiger partial charge in [0.2, 0.25) is 0 Å². The summed E-state index contributed by atoms with van der Waals surface area (Å²) in [6.07, 6.45) is 0. The van der Waals surface area contributed by atoms with Crippen molar-refractivity contribution in [2.24, 2.45) is 0 Å². The van der Waals surface area contributed by atoms with Crippen molar-refractivity contribution in [1.29, 1.82) is 0 Å². The molecule has 0 fully saturated rings. The Morgan fingerprint density at radius 3 is 1.57 bits per heavy atom. The van der Waals surface area contributed by atoms with E-state index in [1.807, 2.05) is 60.7 Å². The molecule has 0 spiro atoms. The Kier molecular flexibility index (Phi) is 3.48. The minimum Gasteiger partial charge on any atom is -0.478 e. The Bertz CT molecular complexity index is 707. The molecule has 0 saturated heterocycles. The maximum absolute atomic E-state index is 11.3. The number of carboxylic acids is 1. The van der Waals surface area contributed by atoms with Gasteiger partial charge >= 0.3 is 17.5 Å². The minimum atomic E-state index is -0.972. The molecule has 3 heteroatoms. The predicted molar refractivity (Wildman–Crippen MR) is 80.9 cm³/mol. The SMILES string of the molecule is O=C(O)c1cc(-c2ccccc2)[o+]c(-c2ccccc2)c1. The highest BCUT2D eigenvalue weighted by Gasteiger charge is 2.21. The molecule has 2 aromatic carbocycles. The molecule has 102 valence electrons. The van der Waals surface area contributed by atoms with E-state index < -0.39 is 5.97 Å². The van der Waals surface area contributed by atoms with Gasteiger partial charge in [0, 0.05) is 0 Å². The summed E-state index contributed by atoms with van der Waals surface area (Å²) in [6.45, 7) is 0. The Morgan fingerprint density at radius 1 is 0.762 bits per heavy atom. The predicted octanol–water partition coefficient (Wildman–Crippen LogP) is 4.59. The maximum Gasteiger partial charge on any atom is 0.361 e. The summed E-state index contributed by atoms with van der Waals surface area (Å²) in [7, 11) is 0.